The highest BCUT2D eigenvalue weighted by molar-refractivity contribution is 5.94. The first kappa shape index (κ1) is 12.3. The van der Waals surface area contributed by atoms with Crippen LogP contribution in [0.4, 0.5) is 4.39 Å². The topological polar surface area (TPSA) is 43.1 Å². The molecule has 0 unspecified atom stereocenters. The molecule has 0 radical (unpaired) electrons. The maximum Gasteiger partial charge on any atom is 0.248 e. The highest BCUT2D eigenvalue weighted by Gasteiger charge is 2.06. The van der Waals surface area contributed by atoms with E-state index >= 15 is 0 Å². The fourth-order valence-electron chi connectivity index (χ4n) is 1.91. The molecule has 92 valence electrons. The molecule has 0 aliphatic carbocycles. The van der Waals surface area contributed by atoms with Crippen LogP contribution in [0.15, 0.2) is 48.5 Å². The monoisotopic (exact) mass is 243 g/mol. The molecule has 1 amide bonds. The van der Waals surface area contributed by atoms with Gasteiger partial charge in [0.15, 0.2) is 0 Å². The summed E-state index contributed by atoms with van der Waals surface area (Å²) in [5, 5.41) is 0. The molecule has 2 aromatic carbocycles. The lowest BCUT2D eigenvalue weighted by Gasteiger charge is -2.06. The van der Waals surface area contributed by atoms with Crippen LogP contribution in [0, 0.1) is 5.82 Å². The van der Waals surface area contributed by atoms with Gasteiger partial charge in [-0.1, -0.05) is 30.3 Å². The Kier molecular flexibility index (Phi) is 3.72. The highest BCUT2D eigenvalue weighted by Crippen LogP contribution is 2.12. The number of primary amides is 1. The van der Waals surface area contributed by atoms with Gasteiger partial charge >= 0.3 is 0 Å². The van der Waals surface area contributed by atoms with E-state index in [4.69, 9.17) is 5.73 Å². The van der Waals surface area contributed by atoms with Crippen LogP contribution in [-0.4, -0.2) is 5.91 Å². The number of amides is 1. The van der Waals surface area contributed by atoms with E-state index in [9.17, 15) is 9.18 Å². The third kappa shape index (κ3) is 2.94. The molecule has 2 nitrogen and oxygen atoms in total. The van der Waals surface area contributed by atoms with Crippen molar-refractivity contribution in [1.29, 1.82) is 0 Å². The number of benzene rings is 2. The smallest absolute Gasteiger partial charge is 0.248 e. The third-order valence-corrected chi connectivity index (χ3v) is 2.88. The third-order valence-electron chi connectivity index (χ3n) is 2.88. The number of carbonyl (C=O) groups excluding carboxylic acids is 1. The number of halogens is 1. The molecule has 0 fully saturated rings. The fourth-order valence-corrected chi connectivity index (χ4v) is 1.91. The Bertz CT molecular complexity index is 549. The molecule has 0 heterocycles. The summed E-state index contributed by atoms with van der Waals surface area (Å²) >= 11 is 0. The van der Waals surface area contributed by atoms with Crippen LogP contribution in [0.5, 0.6) is 0 Å². The average molecular weight is 243 g/mol. The van der Waals surface area contributed by atoms with Crippen molar-refractivity contribution < 1.29 is 9.18 Å². The number of rotatable bonds is 4. The number of nitrogens with two attached hydrogens (primary N) is 1. The molecule has 2 rings (SSSR count). The molecular formula is C15H14FNO. The maximum atomic E-state index is 12.8. The lowest BCUT2D eigenvalue weighted by Crippen LogP contribution is -2.13. The molecule has 0 aromatic heterocycles. The van der Waals surface area contributed by atoms with Crippen molar-refractivity contribution in [2.24, 2.45) is 5.73 Å². The minimum Gasteiger partial charge on any atom is -0.366 e. The van der Waals surface area contributed by atoms with Crippen LogP contribution < -0.4 is 5.73 Å². The Morgan fingerprint density at radius 3 is 2.33 bits per heavy atom. The quantitative estimate of drug-likeness (QED) is 0.881. The maximum absolute atomic E-state index is 12.8. The first-order chi connectivity index (χ1) is 8.66. The summed E-state index contributed by atoms with van der Waals surface area (Å²) < 4.78 is 12.8. The molecule has 2 N–H and O–H groups in total. The van der Waals surface area contributed by atoms with E-state index in [1.54, 1.807) is 24.3 Å². The second-order valence-electron chi connectivity index (χ2n) is 4.15. The molecule has 3 heteroatoms. The summed E-state index contributed by atoms with van der Waals surface area (Å²) in [6, 6.07) is 13.7. The Morgan fingerprint density at radius 1 is 1.00 bits per heavy atom. The predicted octanol–water partition coefficient (Wildman–Crippen LogP) is 2.71. The summed E-state index contributed by atoms with van der Waals surface area (Å²) in [6.07, 6.45) is 1.47. The van der Waals surface area contributed by atoms with Gasteiger partial charge in [-0.05, 0) is 42.2 Å². The molecule has 18 heavy (non-hydrogen) atoms. The predicted molar refractivity (Wildman–Crippen MR) is 68.8 cm³/mol. The number of aryl methyl sites for hydroxylation is 2. The van der Waals surface area contributed by atoms with Gasteiger partial charge in [-0.2, -0.15) is 0 Å². The Labute approximate surface area is 105 Å². The Morgan fingerprint density at radius 2 is 1.67 bits per heavy atom. The van der Waals surface area contributed by atoms with E-state index in [-0.39, 0.29) is 5.82 Å². The Hall–Kier alpha value is -2.16. The van der Waals surface area contributed by atoms with Gasteiger partial charge in [0, 0.05) is 5.56 Å². The number of hydrogen-bond donors (Lipinski definition) is 1. The van der Waals surface area contributed by atoms with E-state index in [0.29, 0.717) is 12.0 Å². The van der Waals surface area contributed by atoms with Crippen molar-refractivity contribution in [2.45, 2.75) is 12.8 Å². The molecule has 0 aliphatic rings. The van der Waals surface area contributed by atoms with Crippen LogP contribution >= 0.6 is 0 Å². The minimum atomic E-state index is -0.412. The van der Waals surface area contributed by atoms with E-state index < -0.39 is 5.91 Å². The molecule has 2 aromatic rings. The van der Waals surface area contributed by atoms with Crippen molar-refractivity contribution >= 4 is 5.91 Å². The van der Waals surface area contributed by atoms with E-state index in [1.807, 2.05) is 12.1 Å². The lowest BCUT2D eigenvalue weighted by atomic mass is 9.99. The van der Waals surface area contributed by atoms with E-state index in [0.717, 1.165) is 17.5 Å². The SMILES string of the molecule is NC(=O)c1ccccc1CCc1ccc(F)cc1. The lowest BCUT2D eigenvalue weighted by molar-refractivity contribution is 0.0999. The minimum absolute atomic E-state index is 0.240. The summed E-state index contributed by atoms with van der Waals surface area (Å²) in [5.74, 6) is -0.652. The molecular weight excluding hydrogens is 229 g/mol. The van der Waals surface area contributed by atoms with Gasteiger partial charge < -0.3 is 5.73 Å². The molecule has 0 saturated carbocycles. The standard InChI is InChI=1S/C15H14FNO/c16-13-9-6-11(7-10-13)5-8-12-3-1-2-4-14(12)15(17)18/h1-4,6-7,9-10H,5,8H2,(H2,17,18). The van der Waals surface area contributed by atoms with Gasteiger partial charge in [0.25, 0.3) is 0 Å². The second kappa shape index (κ2) is 5.45. The first-order valence-corrected chi connectivity index (χ1v) is 5.79. The Balaban J connectivity index is 2.10. The second-order valence-corrected chi connectivity index (χ2v) is 4.15. The first-order valence-electron chi connectivity index (χ1n) is 5.79. The molecule has 0 saturated heterocycles. The van der Waals surface area contributed by atoms with E-state index in [2.05, 4.69) is 0 Å². The summed E-state index contributed by atoms with van der Waals surface area (Å²) in [7, 11) is 0. The fraction of sp³-hybridized carbons (Fsp3) is 0.133. The van der Waals surface area contributed by atoms with Crippen molar-refractivity contribution in [3.05, 3.63) is 71.0 Å². The normalized spacial score (nSPS) is 10.3. The summed E-state index contributed by atoms with van der Waals surface area (Å²) in [6.45, 7) is 0. The summed E-state index contributed by atoms with van der Waals surface area (Å²) in [5.41, 5.74) is 7.83. The molecule has 0 aliphatic heterocycles. The highest BCUT2D eigenvalue weighted by atomic mass is 19.1. The van der Waals surface area contributed by atoms with Gasteiger partial charge in [-0.25, -0.2) is 4.39 Å². The van der Waals surface area contributed by atoms with Gasteiger partial charge in [0.2, 0.25) is 5.91 Å². The van der Waals surface area contributed by atoms with Gasteiger partial charge in [0.05, 0.1) is 0 Å². The van der Waals surface area contributed by atoms with Gasteiger partial charge in [-0.3, -0.25) is 4.79 Å². The molecule has 0 bridgehead atoms. The van der Waals surface area contributed by atoms with Crippen molar-refractivity contribution in [2.75, 3.05) is 0 Å². The van der Waals surface area contributed by atoms with Crippen molar-refractivity contribution in [3.63, 3.8) is 0 Å². The van der Waals surface area contributed by atoms with Crippen LogP contribution in [-0.2, 0) is 12.8 Å². The van der Waals surface area contributed by atoms with Crippen LogP contribution in [0.25, 0.3) is 0 Å². The van der Waals surface area contributed by atoms with E-state index in [1.165, 1.54) is 12.1 Å². The largest absolute Gasteiger partial charge is 0.366 e. The average Bonchev–Trinajstić information content (AvgIpc) is 2.38. The van der Waals surface area contributed by atoms with Crippen LogP contribution in [0.3, 0.4) is 0 Å². The zero-order valence-corrected chi connectivity index (χ0v) is 9.90. The van der Waals surface area contributed by atoms with Crippen molar-refractivity contribution in [1.82, 2.24) is 0 Å². The summed E-state index contributed by atoms with van der Waals surface area (Å²) in [4.78, 5) is 11.3. The number of carbonyl (C=O) groups is 1. The van der Waals surface area contributed by atoms with Crippen LogP contribution in [0.2, 0.25) is 0 Å². The molecule has 0 atom stereocenters. The zero-order chi connectivity index (χ0) is 13.0. The van der Waals surface area contributed by atoms with Gasteiger partial charge in [-0.15, -0.1) is 0 Å². The van der Waals surface area contributed by atoms with Crippen molar-refractivity contribution in [3.8, 4) is 0 Å². The van der Waals surface area contributed by atoms with Crippen LogP contribution in [0.1, 0.15) is 21.5 Å². The zero-order valence-electron chi connectivity index (χ0n) is 9.90. The van der Waals surface area contributed by atoms with Gasteiger partial charge in [0.1, 0.15) is 5.82 Å². The molecule has 0 spiro atoms. The number of hydrogen-bond acceptors (Lipinski definition) is 1.